The van der Waals surface area contributed by atoms with E-state index in [0.29, 0.717) is 11.8 Å². The highest BCUT2D eigenvalue weighted by Gasteiger charge is 2.39. The van der Waals surface area contributed by atoms with Crippen molar-refractivity contribution in [2.24, 2.45) is 5.92 Å². The molecule has 2 atom stereocenters. The zero-order chi connectivity index (χ0) is 6.97. The van der Waals surface area contributed by atoms with Gasteiger partial charge in [-0.3, -0.25) is 0 Å². The van der Waals surface area contributed by atoms with Gasteiger partial charge in [0.25, 0.3) is 0 Å². The molecule has 1 aromatic heterocycles. The van der Waals surface area contributed by atoms with Crippen LogP contribution in [0.25, 0.3) is 0 Å². The number of nitrogens with zero attached hydrogens (tertiary/aromatic N) is 1. The Hall–Kier alpha value is -0.0800. The topological polar surface area (TPSA) is 12.9 Å². The van der Waals surface area contributed by atoms with Gasteiger partial charge in [0.2, 0.25) is 0 Å². The summed E-state index contributed by atoms with van der Waals surface area (Å²) in [6.07, 6.45) is 3.11. The number of halogens is 1. The summed E-state index contributed by atoms with van der Waals surface area (Å²) in [5.74, 6) is 2.20. The Labute approximate surface area is 69.0 Å². The predicted octanol–water partition coefficient (Wildman–Crippen LogP) is 2.49. The van der Waals surface area contributed by atoms with Crippen molar-refractivity contribution in [1.29, 1.82) is 0 Å². The highest BCUT2D eigenvalue weighted by Crippen LogP contribution is 2.48. The SMILES string of the molecule is ClCC1CC1c1nccs1. The van der Waals surface area contributed by atoms with Crippen LogP contribution >= 0.6 is 22.9 Å². The average Bonchev–Trinajstić information content (AvgIpc) is 2.56. The number of aromatic nitrogens is 1. The Morgan fingerprint density at radius 1 is 1.80 bits per heavy atom. The molecule has 2 unspecified atom stereocenters. The Morgan fingerprint density at radius 2 is 2.70 bits per heavy atom. The van der Waals surface area contributed by atoms with Crippen molar-refractivity contribution in [3.05, 3.63) is 16.6 Å². The lowest BCUT2D eigenvalue weighted by molar-refractivity contribution is 0.914. The van der Waals surface area contributed by atoms with E-state index in [0.717, 1.165) is 5.88 Å². The van der Waals surface area contributed by atoms with E-state index >= 15 is 0 Å². The molecule has 0 aliphatic heterocycles. The normalized spacial score (nSPS) is 30.5. The van der Waals surface area contributed by atoms with E-state index in [1.807, 2.05) is 11.6 Å². The largest absolute Gasteiger partial charge is 0.249 e. The van der Waals surface area contributed by atoms with Crippen LogP contribution in [0.2, 0.25) is 0 Å². The van der Waals surface area contributed by atoms with Crippen LogP contribution < -0.4 is 0 Å². The van der Waals surface area contributed by atoms with E-state index in [4.69, 9.17) is 11.6 Å². The molecule has 0 spiro atoms. The molecule has 0 N–H and O–H groups in total. The van der Waals surface area contributed by atoms with E-state index in [1.54, 1.807) is 11.3 Å². The monoisotopic (exact) mass is 173 g/mol. The van der Waals surface area contributed by atoms with Crippen molar-refractivity contribution in [2.45, 2.75) is 12.3 Å². The van der Waals surface area contributed by atoms with Gasteiger partial charge in [-0.1, -0.05) is 0 Å². The van der Waals surface area contributed by atoms with Gasteiger partial charge in [0.05, 0.1) is 5.01 Å². The third kappa shape index (κ3) is 1.06. The summed E-state index contributed by atoms with van der Waals surface area (Å²) in [5, 5.41) is 3.30. The quantitative estimate of drug-likeness (QED) is 0.627. The van der Waals surface area contributed by atoms with Crippen LogP contribution in [0.15, 0.2) is 11.6 Å². The van der Waals surface area contributed by atoms with Crippen molar-refractivity contribution < 1.29 is 0 Å². The number of rotatable bonds is 2. The first kappa shape index (κ1) is 6.62. The zero-order valence-electron chi connectivity index (χ0n) is 5.46. The molecule has 1 fully saturated rings. The fraction of sp³-hybridized carbons (Fsp3) is 0.571. The predicted molar refractivity (Wildman–Crippen MR) is 43.7 cm³/mol. The maximum atomic E-state index is 5.69. The Kier molecular flexibility index (Phi) is 1.66. The molecule has 10 heavy (non-hydrogen) atoms. The lowest BCUT2D eigenvalue weighted by atomic mass is 10.3. The number of hydrogen-bond donors (Lipinski definition) is 0. The van der Waals surface area contributed by atoms with Crippen LogP contribution in [-0.2, 0) is 0 Å². The van der Waals surface area contributed by atoms with E-state index in [9.17, 15) is 0 Å². The average molecular weight is 174 g/mol. The standard InChI is InChI=1S/C7H8ClNS/c8-4-5-3-6(5)7-9-1-2-10-7/h1-2,5-6H,3-4H2. The van der Waals surface area contributed by atoms with Crippen molar-refractivity contribution in [3.8, 4) is 0 Å². The molecular formula is C7H8ClNS. The van der Waals surface area contributed by atoms with Crippen molar-refractivity contribution in [1.82, 2.24) is 4.98 Å². The molecule has 1 aliphatic carbocycles. The maximum Gasteiger partial charge on any atom is 0.0959 e. The van der Waals surface area contributed by atoms with Crippen LogP contribution in [0.1, 0.15) is 17.3 Å². The number of hydrogen-bond acceptors (Lipinski definition) is 2. The van der Waals surface area contributed by atoms with Gasteiger partial charge in [0, 0.05) is 23.4 Å². The molecule has 0 amide bonds. The molecule has 0 bridgehead atoms. The minimum atomic E-state index is 0.692. The van der Waals surface area contributed by atoms with Crippen molar-refractivity contribution in [2.75, 3.05) is 5.88 Å². The van der Waals surface area contributed by atoms with Crippen LogP contribution in [0.4, 0.5) is 0 Å². The first-order valence-electron chi connectivity index (χ1n) is 3.37. The van der Waals surface area contributed by atoms with Gasteiger partial charge >= 0.3 is 0 Å². The fourth-order valence-electron chi connectivity index (χ4n) is 1.14. The minimum absolute atomic E-state index is 0.692. The molecule has 1 heterocycles. The lowest BCUT2D eigenvalue weighted by Gasteiger charge is -1.87. The number of thiazole rings is 1. The molecule has 1 nitrogen and oxygen atoms in total. The summed E-state index contributed by atoms with van der Waals surface area (Å²) in [4.78, 5) is 4.24. The Morgan fingerprint density at radius 3 is 3.20 bits per heavy atom. The second-order valence-electron chi connectivity index (χ2n) is 2.63. The van der Waals surface area contributed by atoms with Gasteiger partial charge in [-0.05, 0) is 12.3 Å². The zero-order valence-corrected chi connectivity index (χ0v) is 7.03. The van der Waals surface area contributed by atoms with E-state index in [1.165, 1.54) is 11.4 Å². The maximum absolute atomic E-state index is 5.69. The summed E-state index contributed by atoms with van der Waals surface area (Å²) >= 11 is 7.43. The molecule has 0 aromatic carbocycles. The fourth-order valence-corrected chi connectivity index (χ4v) is 2.33. The second-order valence-corrected chi connectivity index (χ2v) is 3.86. The molecule has 2 rings (SSSR count). The van der Waals surface area contributed by atoms with Gasteiger partial charge in [0.1, 0.15) is 0 Å². The first-order valence-corrected chi connectivity index (χ1v) is 4.78. The molecule has 0 radical (unpaired) electrons. The smallest absolute Gasteiger partial charge is 0.0959 e. The Bertz CT molecular complexity index is 209. The van der Waals surface area contributed by atoms with Gasteiger partial charge < -0.3 is 0 Å². The van der Waals surface area contributed by atoms with Crippen LogP contribution in [0.5, 0.6) is 0 Å². The van der Waals surface area contributed by atoms with E-state index < -0.39 is 0 Å². The molecule has 0 saturated heterocycles. The van der Waals surface area contributed by atoms with Gasteiger partial charge in [-0.2, -0.15) is 0 Å². The van der Waals surface area contributed by atoms with Gasteiger partial charge in [-0.25, -0.2) is 4.98 Å². The third-order valence-electron chi connectivity index (χ3n) is 1.89. The second kappa shape index (κ2) is 2.51. The Balaban J connectivity index is 2.05. The minimum Gasteiger partial charge on any atom is -0.249 e. The highest BCUT2D eigenvalue weighted by atomic mass is 35.5. The number of alkyl halides is 1. The summed E-state index contributed by atoms with van der Waals surface area (Å²) < 4.78 is 0. The van der Waals surface area contributed by atoms with E-state index in [-0.39, 0.29) is 0 Å². The van der Waals surface area contributed by atoms with Crippen LogP contribution in [0.3, 0.4) is 0 Å². The molecule has 1 aliphatic rings. The van der Waals surface area contributed by atoms with Crippen LogP contribution in [0, 0.1) is 5.92 Å². The van der Waals surface area contributed by atoms with Crippen molar-refractivity contribution in [3.63, 3.8) is 0 Å². The lowest BCUT2D eigenvalue weighted by Crippen LogP contribution is -1.81. The van der Waals surface area contributed by atoms with Gasteiger partial charge in [-0.15, -0.1) is 22.9 Å². The summed E-state index contributed by atoms with van der Waals surface area (Å²) in [5.41, 5.74) is 0. The van der Waals surface area contributed by atoms with Gasteiger partial charge in [0.15, 0.2) is 0 Å². The molecule has 1 aromatic rings. The molecule has 3 heteroatoms. The summed E-state index contributed by atoms with van der Waals surface area (Å²) in [6, 6.07) is 0. The molecular weight excluding hydrogens is 166 g/mol. The molecule has 1 saturated carbocycles. The highest BCUT2D eigenvalue weighted by molar-refractivity contribution is 7.09. The summed E-state index contributed by atoms with van der Waals surface area (Å²) in [7, 11) is 0. The third-order valence-corrected chi connectivity index (χ3v) is 3.19. The summed E-state index contributed by atoms with van der Waals surface area (Å²) in [6.45, 7) is 0. The molecule has 54 valence electrons. The van der Waals surface area contributed by atoms with E-state index in [2.05, 4.69) is 4.98 Å². The van der Waals surface area contributed by atoms with Crippen molar-refractivity contribution >= 4 is 22.9 Å². The van der Waals surface area contributed by atoms with Crippen LogP contribution in [-0.4, -0.2) is 10.9 Å². The first-order chi connectivity index (χ1) is 4.92.